The van der Waals surface area contributed by atoms with E-state index in [1.165, 1.54) is 11.8 Å². The summed E-state index contributed by atoms with van der Waals surface area (Å²) in [5.41, 5.74) is 4.38. The number of amides is 3. The van der Waals surface area contributed by atoms with E-state index in [1.54, 1.807) is 42.5 Å². The Bertz CT molecular complexity index is 1910. The van der Waals surface area contributed by atoms with Crippen molar-refractivity contribution in [2.75, 3.05) is 36.2 Å². The monoisotopic (exact) mass is 698 g/mol. The summed E-state index contributed by atoms with van der Waals surface area (Å²) in [6.45, 7) is 2.78. The van der Waals surface area contributed by atoms with Crippen LogP contribution in [0.3, 0.4) is 0 Å². The second kappa shape index (κ2) is 18.3. The van der Waals surface area contributed by atoms with Crippen LogP contribution in [0.2, 0.25) is 0 Å². The quantitative estimate of drug-likeness (QED) is 0.0574. The molecule has 0 fully saturated rings. The summed E-state index contributed by atoms with van der Waals surface area (Å²) >= 11 is 1.41. The van der Waals surface area contributed by atoms with Crippen molar-refractivity contribution >= 4 is 52.6 Å². The van der Waals surface area contributed by atoms with Gasteiger partial charge in [0.05, 0.1) is 6.61 Å². The average molecular weight is 699 g/mol. The van der Waals surface area contributed by atoms with Gasteiger partial charge in [0, 0.05) is 41.6 Å². The summed E-state index contributed by atoms with van der Waals surface area (Å²) in [7, 11) is 3.91. The lowest BCUT2D eigenvalue weighted by atomic mass is 10.1. The number of ether oxygens (including phenoxy) is 1. The standard InChI is InChI=1S/C42H42N4O4S/c1-4-5-28-50-36-24-18-33(19-25-36)44-42(49)39(31-12-8-6-9-13-31)51-37-26-20-34(21-27-37)43-41(48)38(45-40(47)32-14-10-7-11-15-32)29-30-16-22-35(23-17-30)46(2)3/h6-27,29,39H,4-5,28H2,1-3H3,(H,43,48)(H,44,49)(H,45,47)/b38-29-. The van der Waals surface area contributed by atoms with Crippen molar-refractivity contribution in [1.29, 1.82) is 0 Å². The molecule has 3 amide bonds. The first kappa shape index (κ1) is 36.5. The number of nitrogens with one attached hydrogen (secondary N) is 3. The highest BCUT2D eigenvalue weighted by Gasteiger charge is 2.23. The number of benzene rings is 5. The SMILES string of the molecule is CCCCOc1ccc(NC(=O)C(Sc2ccc(NC(=O)/C(=C/c3ccc(N(C)C)cc3)NC(=O)c3ccccc3)cc2)c2ccccc2)cc1. The molecule has 0 saturated heterocycles. The van der Waals surface area contributed by atoms with Crippen LogP contribution >= 0.6 is 11.8 Å². The summed E-state index contributed by atoms with van der Waals surface area (Å²) < 4.78 is 5.76. The van der Waals surface area contributed by atoms with E-state index in [1.807, 2.05) is 116 Å². The molecule has 3 N–H and O–H groups in total. The smallest absolute Gasteiger partial charge is 0.272 e. The Balaban J connectivity index is 1.29. The summed E-state index contributed by atoms with van der Waals surface area (Å²) in [6, 6.07) is 40.7. The van der Waals surface area contributed by atoms with E-state index >= 15 is 0 Å². The zero-order valence-corrected chi connectivity index (χ0v) is 29.8. The fourth-order valence-electron chi connectivity index (χ4n) is 5.01. The molecular formula is C42H42N4O4S. The molecule has 0 radical (unpaired) electrons. The molecule has 0 saturated carbocycles. The van der Waals surface area contributed by atoms with Crippen molar-refractivity contribution in [2.45, 2.75) is 29.9 Å². The maximum absolute atomic E-state index is 13.6. The number of rotatable bonds is 15. The van der Waals surface area contributed by atoms with Crippen LogP contribution in [0.15, 0.2) is 144 Å². The molecule has 5 rings (SSSR count). The lowest BCUT2D eigenvalue weighted by molar-refractivity contribution is -0.116. The van der Waals surface area contributed by atoms with E-state index in [2.05, 4.69) is 22.9 Å². The fraction of sp³-hybridized carbons (Fsp3) is 0.167. The highest BCUT2D eigenvalue weighted by atomic mass is 32.2. The van der Waals surface area contributed by atoms with E-state index < -0.39 is 17.1 Å². The summed E-state index contributed by atoms with van der Waals surface area (Å²) in [6.07, 6.45) is 3.69. The van der Waals surface area contributed by atoms with Crippen LogP contribution < -0.4 is 25.6 Å². The number of carbonyl (C=O) groups is 3. The maximum Gasteiger partial charge on any atom is 0.272 e. The normalized spacial score (nSPS) is 11.6. The summed E-state index contributed by atoms with van der Waals surface area (Å²) in [5, 5.41) is 8.21. The predicted octanol–water partition coefficient (Wildman–Crippen LogP) is 8.81. The molecular weight excluding hydrogens is 657 g/mol. The van der Waals surface area contributed by atoms with Gasteiger partial charge in [-0.3, -0.25) is 14.4 Å². The Morgan fingerprint density at radius 1 is 0.745 bits per heavy atom. The maximum atomic E-state index is 13.6. The van der Waals surface area contributed by atoms with E-state index in [0.29, 0.717) is 23.5 Å². The first-order valence-electron chi connectivity index (χ1n) is 16.8. The molecule has 0 aliphatic carbocycles. The van der Waals surface area contributed by atoms with Crippen LogP contribution in [0.4, 0.5) is 17.1 Å². The highest BCUT2D eigenvalue weighted by Crippen LogP contribution is 2.37. The van der Waals surface area contributed by atoms with Crippen molar-refractivity contribution in [3.8, 4) is 5.75 Å². The lowest BCUT2D eigenvalue weighted by Gasteiger charge is -2.18. The van der Waals surface area contributed by atoms with Gasteiger partial charge in [-0.2, -0.15) is 0 Å². The molecule has 0 spiro atoms. The molecule has 5 aromatic rings. The van der Waals surface area contributed by atoms with Crippen LogP contribution in [0.5, 0.6) is 5.75 Å². The summed E-state index contributed by atoms with van der Waals surface area (Å²) in [5.74, 6) is -0.261. The molecule has 8 nitrogen and oxygen atoms in total. The third kappa shape index (κ3) is 10.8. The zero-order chi connectivity index (χ0) is 36.0. The highest BCUT2D eigenvalue weighted by molar-refractivity contribution is 8.00. The molecule has 0 bridgehead atoms. The van der Waals surface area contributed by atoms with Gasteiger partial charge in [-0.25, -0.2) is 0 Å². The molecule has 0 aliphatic rings. The molecule has 0 heterocycles. The fourth-order valence-corrected chi connectivity index (χ4v) is 6.03. The van der Waals surface area contributed by atoms with Crippen molar-refractivity contribution in [3.05, 3.63) is 156 Å². The van der Waals surface area contributed by atoms with Crippen LogP contribution in [-0.2, 0) is 9.59 Å². The number of thioether (sulfide) groups is 1. The Kier molecular flexibility index (Phi) is 13.1. The van der Waals surface area contributed by atoms with Gasteiger partial charge < -0.3 is 25.6 Å². The van der Waals surface area contributed by atoms with Crippen molar-refractivity contribution < 1.29 is 19.1 Å². The topological polar surface area (TPSA) is 99.8 Å². The molecule has 1 unspecified atom stereocenters. The Hall–Kier alpha value is -5.80. The van der Waals surface area contributed by atoms with Gasteiger partial charge in [0.15, 0.2) is 0 Å². The minimum atomic E-state index is -0.534. The minimum Gasteiger partial charge on any atom is -0.494 e. The Morgan fingerprint density at radius 3 is 1.98 bits per heavy atom. The largest absolute Gasteiger partial charge is 0.494 e. The second-order valence-corrected chi connectivity index (χ2v) is 13.1. The zero-order valence-electron chi connectivity index (χ0n) is 29.0. The number of hydrogen-bond donors (Lipinski definition) is 3. The van der Waals surface area contributed by atoms with Crippen molar-refractivity contribution in [3.63, 3.8) is 0 Å². The Morgan fingerprint density at radius 2 is 1.35 bits per heavy atom. The van der Waals surface area contributed by atoms with E-state index in [0.717, 1.165) is 40.3 Å². The van der Waals surface area contributed by atoms with Crippen LogP contribution in [0.25, 0.3) is 6.08 Å². The minimum absolute atomic E-state index is 0.0984. The van der Waals surface area contributed by atoms with Gasteiger partial charge >= 0.3 is 0 Å². The van der Waals surface area contributed by atoms with Gasteiger partial charge in [0.1, 0.15) is 16.7 Å². The molecule has 0 aromatic heterocycles. The molecule has 5 aromatic carbocycles. The van der Waals surface area contributed by atoms with Gasteiger partial charge in [0.25, 0.3) is 11.8 Å². The van der Waals surface area contributed by atoms with Gasteiger partial charge in [0.2, 0.25) is 5.91 Å². The van der Waals surface area contributed by atoms with Gasteiger partial charge in [-0.05, 0) is 96.4 Å². The molecule has 260 valence electrons. The first-order valence-corrected chi connectivity index (χ1v) is 17.7. The predicted molar refractivity (Wildman–Crippen MR) is 208 cm³/mol. The third-order valence-electron chi connectivity index (χ3n) is 7.84. The van der Waals surface area contributed by atoms with E-state index in [4.69, 9.17) is 4.74 Å². The van der Waals surface area contributed by atoms with Gasteiger partial charge in [-0.1, -0.05) is 74.0 Å². The Labute approximate surface area is 303 Å². The van der Waals surface area contributed by atoms with Crippen LogP contribution in [-0.4, -0.2) is 38.4 Å². The number of hydrogen-bond acceptors (Lipinski definition) is 6. The molecule has 9 heteroatoms. The summed E-state index contributed by atoms with van der Waals surface area (Å²) in [4.78, 5) is 43.1. The van der Waals surface area contributed by atoms with Crippen LogP contribution in [0, 0.1) is 0 Å². The average Bonchev–Trinajstić information content (AvgIpc) is 3.16. The number of nitrogens with zero attached hydrogens (tertiary/aromatic N) is 1. The third-order valence-corrected chi connectivity index (χ3v) is 9.11. The first-order chi connectivity index (χ1) is 24.8. The van der Waals surface area contributed by atoms with Crippen molar-refractivity contribution in [1.82, 2.24) is 5.32 Å². The van der Waals surface area contributed by atoms with Crippen molar-refractivity contribution in [2.24, 2.45) is 0 Å². The van der Waals surface area contributed by atoms with E-state index in [9.17, 15) is 14.4 Å². The van der Waals surface area contributed by atoms with E-state index in [-0.39, 0.29) is 11.6 Å². The van der Waals surface area contributed by atoms with Gasteiger partial charge in [-0.15, -0.1) is 11.8 Å². The number of carbonyl (C=O) groups excluding carboxylic acids is 3. The lowest BCUT2D eigenvalue weighted by Crippen LogP contribution is -2.30. The second-order valence-electron chi connectivity index (χ2n) is 12.0. The molecule has 1 atom stereocenters. The van der Waals surface area contributed by atoms with Crippen LogP contribution in [0.1, 0.15) is 46.5 Å². The number of unbranched alkanes of at least 4 members (excludes halogenated alkanes) is 1. The molecule has 51 heavy (non-hydrogen) atoms. The number of anilines is 3. The molecule has 0 aliphatic heterocycles.